The Hall–Kier alpha value is -3.76. The number of sulfonamides is 1. The van der Waals surface area contributed by atoms with E-state index in [0.717, 1.165) is 11.3 Å². The standard InChI is InChI=1S/C37H48F2N6O6S2/c1-35(2,3)15-16-40-29(36(4,5)6)33(47)45-20-21(51-32-28(27-12-9-17-52-27)41-24-10-7-8-11-25(24)42-32)18-26(45)31(46)43-37(19-23(37)30(38)39)34(48)44-53(49,50)22-13-14-22/h7-12,17,21-23,26,29-30,40H,13-16,18-20H2,1-6H3,(H,43,46)(H,44,48)/t21-,23+,26?,29-,37-/m1/s1. The van der Waals surface area contributed by atoms with Gasteiger partial charge in [-0.25, -0.2) is 27.2 Å². The molecule has 5 atom stereocenters. The first-order valence-corrected chi connectivity index (χ1v) is 20.4. The normalized spacial score (nSPS) is 23.9. The lowest BCUT2D eigenvalue weighted by Crippen LogP contribution is -2.60. The summed E-state index contributed by atoms with van der Waals surface area (Å²) in [6.07, 6.45) is -2.79. The molecule has 2 aliphatic carbocycles. The first-order valence-electron chi connectivity index (χ1n) is 18.0. The van der Waals surface area contributed by atoms with Crippen molar-refractivity contribution >= 4 is 50.1 Å². The lowest BCUT2D eigenvalue weighted by molar-refractivity contribution is -0.143. The van der Waals surface area contributed by atoms with Crippen molar-refractivity contribution in [3.63, 3.8) is 0 Å². The van der Waals surface area contributed by atoms with E-state index >= 15 is 0 Å². The maximum absolute atomic E-state index is 14.6. The Morgan fingerprint density at radius 2 is 1.72 bits per heavy atom. The van der Waals surface area contributed by atoms with Crippen LogP contribution in [0.15, 0.2) is 41.8 Å². The van der Waals surface area contributed by atoms with Crippen molar-refractivity contribution in [1.82, 2.24) is 30.2 Å². The molecule has 1 aromatic carbocycles. The minimum atomic E-state index is -4.09. The van der Waals surface area contributed by atoms with Gasteiger partial charge in [0.05, 0.1) is 39.7 Å². The predicted molar refractivity (Wildman–Crippen MR) is 198 cm³/mol. The Morgan fingerprint density at radius 1 is 1.04 bits per heavy atom. The largest absolute Gasteiger partial charge is 0.471 e. The fraction of sp³-hybridized carbons (Fsp3) is 0.595. The number of para-hydroxylation sites is 2. The Morgan fingerprint density at radius 3 is 2.28 bits per heavy atom. The van der Waals surface area contributed by atoms with Gasteiger partial charge in [0.15, 0.2) is 0 Å². The Balaban J connectivity index is 1.32. The van der Waals surface area contributed by atoms with Crippen LogP contribution in [0.5, 0.6) is 5.88 Å². The summed E-state index contributed by atoms with van der Waals surface area (Å²) in [7, 11) is -4.09. The number of amides is 3. The number of halogens is 2. The lowest BCUT2D eigenvalue weighted by Gasteiger charge is -2.36. The molecule has 3 amide bonds. The smallest absolute Gasteiger partial charge is 0.259 e. The molecule has 1 aliphatic heterocycles. The van der Waals surface area contributed by atoms with E-state index < -0.39 is 80.9 Å². The topological polar surface area (TPSA) is 160 Å². The van der Waals surface area contributed by atoms with Crippen LogP contribution in [0.4, 0.5) is 8.78 Å². The van der Waals surface area contributed by atoms with Crippen molar-refractivity contribution in [2.24, 2.45) is 16.7 Å². The number of rotatable bonds is 13. The van der Waals surface area contributed by atoms with Gasteiger partial charge in [-0.2, -0.15) is 0 Å². The van der Waals surface area contributed by atoms with E-state index in [2.05, 4.69) is 31.4 Å². The van der Waals surface area contributed by atoms with Crippen molar-refractivity contribution in [2.75, 3.05) is 13.1 Å². The number of ether oxygens (including phenoxy) is 1. The third-order valence-corrected chi connectivity index (χ3v) is 12.7. The van der Waals surface area contributed by atoms with Gasteiger partial charge in [0.2, 0.25) is 34.1 Å². The van der Waals surface area contributed by atoms with Crippen LogP contribution < -0.4 is 20.1 Å². The second-order valence-corrected chi connectivity index (χ2v) is 19.6. The first kappa shape index (κ1) is 38.9. The summed E-state index contributed by atoms with van der Waals surface area (Å²) >= 11 is 1.45. The predicted octanol–water partition coefficient (Wildman–Crippen LogP) is 4.90. The molecule has 6 rings (SSSR count). The summed E-state index contributed by atoms with van der Waals surface area (Å²) in [5, 5.41) is 7.02. The quantitative estimate of drug-likeness (QED) is 0.220. The van der Waals surface area contributed by atoms with E-state index in [4.69, 9.17) is 14.7 Å². The Kier molecular flexibility index (Phi) is 10.6. The molecule has 2 aromatic heterocycles. The molecule has 0 spiro atoms. The SMILES string of the molecule is CC(C)(C)CCN[C@H](C(=O)N1C[C@H](Oc2nc3ccccc3nc2-c2cccs2)CC1C(=O)N[C@]1(C(=O)NS(=O)(=O)C2CC2)C[C@H]1C(F)F)C(C)(C)C. The highest BCUT2D eigenvalue weighted by Gasteiger charge is 2.66. The molecule has 3 aliphatic rings. The van der Waals surface area contributed by atoms with Gasteiger partial charge < -0.3 is 20.3 Å². The van der Waals surface area contributed by atoms with Crippen LogP contribution in [-0.4, -0.2) is 89.5 Å². The lowest BCUT2D eigenvalue weighted by atomic mass is 9.85. The fourth-order valence-electron chi connectivity index (χ4n) is 6.73. The monoisotopic (exact) mass is 774 g/mol. The highest BCUT2D eigenvalue weighted by Crippen LogP contribution is 2.48. The molecule has 1 saturated heterocycles. The van der Waals surface area contributed by atoms with Gasteiger partial charge in [-0.3, -0.25) is 19.1 Å². The number of aromatic nitrogens is 2. The van der Waals surface area contributed by atoms with Crippen LogP contribution in [0.1, 0.15) is 73.6 Å². The van der Waals surface area contributed by atoms with E-state index in [1.54, 1.807) is 6.07 Å². The van der Waals surface area contributed by atoms with Crippen molar-refractivity contribution in [2.45, 2.75) is 109 Å². The van der Waals surface area contributed by atoms with E-state index in [0.29, 0.717) is 36.1 Å². The summed E-state index contributed by atoms with van der Waals surface area (Å²) in [5.74, 6) is -3.83. The van der Waals surface area contributed by atoms with Crippen LogP contribution in [0.3, 0.4) is 0 Å². The van der Waals surface area contributed by atoms with E-state index in [1.807, 2.05) is 61.2 Å². The van der Waals surface area contributed by atoms with Gasteiger partial charge in [0.1, 0.15) is 23.4 Å². The van der Waals surface area contributed by atoms with Crippen LogP contribution in [0.2, 0.25) is 0 Å². The van der Waals surface area contributed by atoms with Crippen LogP contribution in [-0.2, 0) is 24.4 Å². The molecular formula is C37H48F2N6O6S2. The van der Waals surface area contributed by atoms with Gasteiger partial charge in [0, 0.05) is 6.42 Å². The Bertz CT molecular complexity index is 1960. The average Bonchev–Trinajstić information content (AvgIpc) is 3.95. The molecule has 3 N–H and O–H groups in total. The number of hydrogen-bond donors (Lipinski definition) is 3. The molecule has 3 aromatic rings. The molecular weight excluding hydrogens is 727 g/mol. The number of nitrogens with one attached hydrogen (secondary N) is 3. The zero-order valence-corrected chi connectivity index (χ0v) is 32.5. The van der Waals surface area contributed by atoms with Crippen molar-refractivity contribution in [3.05, 3.63) is 41.8 Å². The third kappa shape index (κ3) is 8.64. The summed E-state index contributed by atoms with van der Waals surface area (Å²) in [6.45, 7) is 12.5. The summed E-state index contributed by atoms with van der Waals surface area (Å²) in [5.41, 5.74) is -1.03. The molecule has 288 valence electrons. The van der Waals surface area contributed by atoms with Crippen molar-refractivity contribution < 1.29 is 36.3 Å². The summed E-state index contributed by atoms with van der Waals surface area (Å²) < 4.78 is 62.0. The molecule has 3 heterocycles. The number of carbonyl (C=O) groups is 3. The van der Waals surface area contributed by atoms with Crippen molar-refractivity contribution in [3.8, 4) is 16.5 Å². The molecule has 16 heteroatoms. The van der Waals surface area contributed by atoms with Crippen LogP contribution in [0.25, 0.3) is 21.6 Å². The number of fused-ring (bicyclic) bond motifs is 1. The highest BCUT2D eigenvalue weighted by molar-refractivity contribution is 7.91. The molecule has 12 nitrogen and oxygen atoms in total. The molecule has 3 fully saturated rings. The zero-order valence-electron chi connectivity index (χ0n) is 30.8. The van der Waals surface area contributed by atoms with E-state index in [-0.39, 0.29) is 24.3 Å². The number of likely N-dealkylation sites (tertiary alicyclic amines) is 1. The maximum Gasteiger partial charge on any atom is 0.259 e. The van der Waals surface area contributed by atoms with Crippen molar-refractivity contribution in [1.29, 1.82) is 0 Å². The molecule has 2 saturated carbocycles. The third-order valence-electron chi connectivity index (χ3n) is 10.0. The number of hydrogen-bond acceptors (Lipinski definition) is 10. The minimum absolute atomic E-state index is 0.0119. The number of thiophene rings is 1. The van der Waals surface area contributed by atoms with Gasteiger partial charge in [-0.1, -0.05) is 59.7 Å². The molecule has 1 unspecified atom stereocenters. The number of carbonyl (C=O) groups excluding carboxylic acids is 3. The van der Waals surface area contributed by atoms with Crippen LogP contribution in [0, 0.1) is 16.7 Å². The first-order chi connectivity index (χ1) is 24.8. The highest BCUT2D eigenvalue weighted by atomic mass is 32.2. The Labute approximate surface area is 312 Å². The fourth-order valence-corrected chi connectivity index (χ4v) is 8.80. The molecule has 0 radical (unpaired) electrons. The summed E-state index contributed by atoms with van der Waals surface area (Å²) in [4.78, 5) is 54.0. The zero-order chi connectivity index (χ0) is 38.5. The minimum Gasteiger partial charge on any atom is -0.471 e. The summed E-state index contributed by atoms with van der Waals surface area (Å²) in [6, 6.07) is 9.11. The maximum atomic E-state index is 14.6. The average molecular weight is 775 g/mol. The number of alkyl halides is 2. The molecule has 53 heavy (non-hydrogen) atoms. The van der Waals surface area contributed by atoms with Gasteiger partial charge in [-0.05, 0) is 66.6 Å². The van der Waals surface area contributed by atoms with Gasteiger partial charge >= 0.3 is 0 Å². The van der Waals surface area contributed by atoms with Gasteiger partial charge in [0.25, 0.3) is 5.91 Å². The molecule has 0 bridgehead atoms. The van der Waals surface area contributed by atoms with E-state index in [1.165, 1.54) is 16.2 Å². The van der Waals surface area contributed by atoms with E-state index in [9.17, 15) is 31.6 Å². The number of nitrogens with zero attached hydrogens (tertiary/aromatic N) is 3. The van der Waals surface area contributed by atoms with Crippen LogP contribution >= 0.6 is 11.3 Å². The number of benzene rings is 1. The van der Waals surface area contributed by atoms with Gasteiger partial charge in [-0.15, -0.1) is 11.3 Å². The second-order valence-electron chi connectivity index (χ2n) is 16.7. The second kappa shape index (κ2) is 14.5.